The highest BCUT2D eigenvalue weighted by Gasteiger charge is 2.36. The van der Waals surface area contributed by atoms with Gasteiger partial charge in [0.15, 0.2) is 0 Å². The molecule has 2 N–H and O–H groups in total. The molecule has 0 radical (unpaired) electrons. The van der Waals surface area contributed by atoms with Crippen molar-refractivity contribution in [2.75, 3.05) is 0 Å². The van der Waals surface area contributed by atoms with E-state index in [0.29, 0.717) is 5.56 Å². The zero-order valence-electron chi connectivity index (χ0n) is 7.34. The molecule has 14 heavy (non-hydrogen) atoms. The molecule has 2 nitrogen and oxygen atoms in total. The monoisotopic (exact) mass is 204 g/mol. The lowest BCUT2D eigenvalue weighted by Crippen LogP contribution is -2.36. The van der Waals surface area contributed by atoms with E-state index < -0.39 is 24.3 Å². The van der Waals surface area contributed by atoms with Gasteiger partial charge in [0.05, 0.1) is 5.56 Å². The summed E-state index contributed by atoms with van der Waals surface area (Å²) < 4.78 is 37.1. The predicted octanol–water partition coefficient (Wildman–Crippen LogP) is 0.694. The number of hydrogen-bond acceptors (Lipinski definition) is 2. The first-order valence-corrected chi connectivity index (χ1v) is 3.86. The van der Waals surface area contributed by atoms with E-state index in [-0.39, 0.29) is 0 Å². The molecular formula is C8H8BF3O2. The minimum Gasteiger partial charge on any atom is -0.423 e. The van der Waals surface area contributed by atoms with E-state index in [0.717, 1.165) is 12.1 Å². The highest BCUT2D eigenvalue weighted by Crippen LogP contribution is 2.28. The average Bonchev–Trinajstić information content (AvgIpc) is 2.01. The van der Waals surface area contributed by atoms with Crippen LogP contribution in [0.25, 0.3) is 0 Å². The summed E-state index contributed by atoms with van der Waals surface area (Å²) in [5.74, 6) is 0. The second kappa shape index (κ2) is 3.63. The summed E-state index contributed by atoms with van der Waals surface area (Å²) in [6.45, 7) is 1.50. The number of aryl methyl sites for hydroxylation is 1. The van der Waals surface area contributed by atoms with Gasteiger partial charge in [-0.1, -0.05) is 17.7 Å². The Bertz CT molecular complexity index is 336. The smallest absolute Gasteiger partial charge is 0.423 e. The molecule has 0 heterocycles. The molecule has 0 aliphatic rings. The molecule has 0 aliphatic heterocycles. The maximum Gasteiger partial charge on any atom is 0.489 e. The first-order chi connectivity index (χ1) is 6.32. The lowest BCUT2D eigenvalue weighted by molar-refractivity contribution is -0.136. The lowest BCUT2D eigenvalue weighted by atomic mass is 9.76. The second-order valence-corrected chi connectivity index (χ2v) is 2.96. The van der Waals surface area contributed by atoms with Crippen LogP contribution in [0.4, 0.5) is 13.2 Å². The third-order valence-corrected chi connectivity index (χ3v) is 1.79. The van der Waals surface area contributed by atoms with Gasteiger partial charge in [0.1, 0.15) is 0 Å². The molecule has 0 fully saturated rings. The van der Waals surface area contributed by atoms with Crippen LogP contribution in [0.3, 0.4) is 0 Å². The first kappa shape index (κ1) is 11.1. The van der Waals surface area contributed by atoms with Crippen molar-refractivity contribution in [3.63, 3.8) is 0 Å². The number of alkyl halides is 3. The van der Waals surface area contributed by atoms with Crippen LogP contribution in [-0.2, 0) is 6.18 Å². The van der Waals surface area contributed by atoms with Crippen LogP contribution in [0.5, 0.6) is 0 Å². The van der Waals surface area contributed by atoms with Gasteiger partial charge < -0.3 is 10.0 Å². The van der Waals surface area contributed by atoms with Crippen LogP contribution in [0.15, 0.2) is 18.2 Å². The summed E-state index contributed by atoms with van der Waals surface area (Å²) in [7, 11) is -2.10. The van der Waals surface area contributed by atoms with Crippen LogP contribution in [0.1, 0.15) is 11.1 Å². The van der Waals surface area contributed by atoms with Crippen LogP contribution in [-0.4, -0.2) is 17.2 Å². The van der Waals surface area contributed by atoms with Crippen molar-refractivity contribution in [1.82, 2.24) is 0 Å². The third-order valence-electron chi connectivity index (χ3n) is 1.79. The molecule has 0 saturated carbocycles. The van der Waals surface area contributed by atoms with E-state index in [9.17, 15) is 13.2 Å². The van der Waals surface area contributed by atoms with Gasteiger partial charge >= 0.3 is 13.3 Å². The van der Waals surface area contributed by atoms with Gasteiger partial charge in [-0.05, 0) is 18.5 Å². The van der Waals surface area contributed by atoms with Gasteiger partial charge in [0.2, 0.25) is 0 Å². The molecule has 0 unspecified atom stereocenters. The van der Waals surface area contributed by atoms with Gasteiger partial charge in [0, 0.05) is 0 Å². The van der Waals surface area contributed by atoms with E-state index in [1.165, 1.54) is 13.0 Å². The van der Waals surface area contributed by atoms with Crippen LogP contribution < -0.4 is 5.46 Å². The van der Waals surface area contributed by atoms with Crippen LogP contribution in [0.2, 0.25) is 0 Å². The topological polar surface area (TPSA) is 40.5 Å². The fourth-order valence-electron chi connectivity index (χ4n) is 1.14. The van der Waals surface area contributed by atoms with Crippen LogP contribution in [0, 0.1) is 6.92 Å². The van der Waals surface area contributed by atoms with Crippen molar-refractivity contribution in [3.05, 3.63) is 29.3 Å². The second-order valence-electron chi connectivity index (χ2n) is 2.96. The highest BCUT2D eigenvalue weighted by molar-refractivity contribution is 6.59. The molecule has 0 saturated heterocycles. The Balaban J connectivity index is 3.30. The molecule has 0 spiro atoms. The van der Waals surface area contributed by atoms with E-state index >= 15 is 0 Å². The van der Waals surface area contributed by atoms with Crippen molar-refractivity contribution in [3.8, 4) is 0 Å². The van der Waals surface area contributed by atoms with E-state index in [1.54, 1.807) is 0 Å². The number of benzene rings is 1. The Labute approximate surface area is 79.1 Å². The molecule has 0 bridgehead atoms. The number of rotatable bonds is 1. The largest absolute Gasteiger partial charge is 0.489 e. The number of hydrogen-bond donors (Lipinski definition) is 2. The van der Waals surface area contributed by atoms with Crippen molar-refractivity contribution >= 4 is 12.6 Å². The van der Waals surface area contributed by atoms with Crippen molar-refractivity contribution in [2.24, 2.45) is 0 Å². The molecule has 0 amide bonds. The molecule has 1 aromatic rings. The van der Waals surface area contributed by atoms with E-state index in [1.807, 2.05) is 0 Å². The van der Waals surface area contributed by atoms with Gasteiger partial charge in [-0.2, -0.15) is 13.2 Å². The van der Waals surface area contributed by atoms with Gasteiger partial charge in [0.25, 0.3) is 0 Å². The SMILES string of the molecule is Cc1ccc(B(O)O)c(C(F)(F)F)c1. The molecule has 0 aliphatic carbocycles. The zero-order chi connectivity index (χ0) is 10.9. The molecule has 0 aromatic heterocycles. The van der Waals surface area contributed by atoms with Gasteiger partial charge in [-0.25, -0.2) is 0 Å². The minimum atomic E-state index is -4.56. The fraction of sp³-hybridized carbons (Fsp3) is 0.250. The Kier molecular flexibility index (Phi) is 2.87. The summed E-state index contributed by atoms with van der Waals surface area (Å²) >= 11 is 0. The van der Waals surface area contributed by atoms with Gasteiger partial charge in [-0.15, -0.1) is 0 Å². The van der Waals surface area contributed by atoms with Gasteiger partial charge in [-0.3, -0.25) is 0 Å². The van der Waals surface area contributed by atoms with Crippen molar-refractivity contribution in [1.29, 1.82) is 0 Å². The Morgan fingerprint density at radius 3 is 2.21 bits per heavy atom. The van der Waals surface area contributed by atoms with Crippen LogP contribution >= 0.6 is 0 Å². The molecule has 0 atom stereocenters. The Morgan fingerprint density at radius 2 is 1.79 bits per heavy atom. The summed E-state index contributed by atoms with van der Waals surface area (Å²) in [6, 6.07) is 3.33. The molecule has 6 heteroatoms. The minimum absolute atomic E-state index is 0.418. The number of halogens is 3. The summed E-state index contributed by atoms with van der Waals surface area (Å²) in [5, 5.41) is 17.4. The maximum absolute atomic E-state index is 12.4. The van der Waals surface area contributed by atoms with Crippen molar-refractivity contribution in [2.45, 2.75) is 13.1 Å². The summed E-state index contributed by atoms with van der Waals surface area (Å²) in [6.07, 6.45) is -4.56. The quantitative estimate of drug-likeness (QED) is 0.660. The predicted molar refractivity (Wildman–Crippen MR) is 46.0 cm³/mol. The zero-order valence-corrected chi connectivity index (χ0v) is 7.34. The van der Waals surface area contributed by atoms with E-state index in [4.69, 9.17) is 10.0 Å². The standard InChI is InChI=1S/C8H8BF3O2/c1-5-2-3-7(9(13)14)6(4-5)8(10,11)12/h2-4,13-14H,1H3. The Morgan fingerprint density at radius 1 is 1.21 bits per heavy atom. The molecule has 1 rings (SSSR count). The molecule has 1 aromatic carbocycles. The summed E-state index contributed by atoms with van der Waals surface area (Å²) in [4.78, 5) is 0. The normalized spacial score (nSPS) is 11.6. The first-order valence-electron chi connectivity index (χ1n) is 3.86. The highest BCUT2D eigenvalue weighted by atomic mass is 19.4. The maximum atomic E-state index is 12.4. The Hall–Kier alpha value is -1.01. The molecular weight excluding hydrogens is 196 g/mol. The van der Waals surface area contributed by atoms with Crippen molar-refractivity contribution < 1.29 is 23.2 Å². The van der Waals surface area contributed by atoms with E-state index in [2.05, 4.69) is 0 Å². The lowest BCUT2D eigenvalue weighted by Gasteiger charge is -2.12. The third kappa shape index (κ3) is 2.27. The fourth-order valence-corrected chi connectivity index (χ4v) is 1.14. The molecule has 76 valence electrons. The summed E-state index contributed by atoms with van der Waals surface area (Å²) in [5.41, 5.74) is -1.11. The average molecular weight is 204 g/mol.